The van der Waals surface area contributed by atoms with Crippen LogP contribution in [0.5, 0.6) is 0 Å². The summed E-state index contributed by atoms with van der Waals surface area (Å²) in [6, 6.07) is 0. The number of carbonyl (C=O) groups excluding carboxylic acids is 2. The van der Waals surface area contributed by atoms with Crippen LogP contribution in [-0.2, 0) is 14.3 Å². The molecule has 0 saturated carbocycles. The normalized spacial score (nSPS) is 32.3. The number of aryl methyl sites for hydroxylation is 1. The largest absolute Gasteiger partial charge is 0.457 e. The Hall–Kier alpha value is -2.09. The first-order chi connectivity index (χ1) is 16.3. The molecule has 1 aliphatic heterocycles. The highest BCUT2D eigenvalue weighted by atomic mass is 32.1. The van der Waals surface area contributed by atoms with E-state index in [1.165, 1.54) is 0 Å². The second-order valence-electron chi connectivity index (χ2n) is 10.4. The fourth-order valence-electron chi connectivity index (χ4n) is 4.23. The van der Waals surface area contributed by atoms with Crippen molar-refractivity contribution in [2.75, 3.05) is 0 Å². The van der Waals surface area contributed by atoms with Crippen molar-refractivity contribution in [3.05, 3.63) is 45.5 Å². The van der Waals surface area contributed by atoms with Gasteiger partial charge in [0.25, 0.3) is 0 Å². The molecule has 0 spiro atoms. The first-order valence-corrected chi connectivity index (χ1v) is 13.2. The van der Waals surface area contributed by atoms with Crippen LogP contribution in [0, 0.1) is 24.2 Å². The molecule has 5 atom stereocenters. The summed E-state index contributed by atoms with van der Waals surface area (Å²) in [5.74, 6) is -1.62. The summed E-state index contributed by atoms with van der Waals surface area (Å²) in [4.78, 5) is 30.5. The van der Waals surface area contributed by atoms with E-state index in [1.54, 1.807) is 32.1 Å². The maximum Gasteiger partial charge on any atom is 0.309 e. The van der Waals surface area contributed by atoms with E-state index < -0.39 is 35.6 Å². The molecule has 0 radical (unpaired) electrons. The van der Waals surface area contributed by atoms with Gasteiger partial charge in [0.05, 0.1) is 34.7 Å². The molecule has 2 heterocycles. The molecule has 0 bridgehead atoms. The number of cyclic esters (lactones) is 1. The molecule has 35 heavy (non-hydrogen) atoms. The van der Waals surface area contributed by atoms with Crippen molar-refractivity contribution in [1.29, 1.82) is 0 Å². The minimum Gasteiger partial charge on any atom is -0.457 e. The molecule has 2 rings (SSSR count). The number of allylic oxidation sites excluding steroid dienone is 3. The first kappa shape index (κ1) is 29.1. The van der Waals surface area contributed by atoms with E-state index in [0.717, 1.165) is 28.3 Å². The van der Waals surface area contributed by atoms with Crippen molar-refractivity contribution in [3.8, 4) is 0 Å². The zero-order chi connectivity index (χ0) is 26.3. The zero-order valence-corrected chi connectivity index (χ0v) is 22.9. The molecule has 1 aromatic heterocycles. The fourth-order valence-corrected chi connectivity index (χ4v) is 4.80. The Kier molecular flexibility index (Phi) is 10.6. The minimum atomic E-state index is -1.23. The van der Waals surface area contributed by atoms with Gasteiger partial charge in [-0.2, -0.15) is 0 Å². The number of esters is 1. The molecular formula is C28H41NO5S. The van der Waals surface area contributed by atoms with Gasteiger partial charge >= 0.3 is 5.97 Å². The van der Waals surface area contributed by atoms with E-state index in [2.05, 4.69) is 17.1 Å². The predicted molar refractivity (Wildman–Crippen MR) is 141 cm³/mol. The summed E-state index contributed by atoms with van der Waals surface area (Å²) in [5.41, 5.74) is 1.61. The van der Waals surface area contributed by atoms with Gasteiger partial charge in [-0.05, 0) is 51.2 Å². The van der Waals surface area contributed by atoms with Crippen molar-refractivity contribution in [2.45, 2.75) is 92.5 Å². The number of aliphatic hydroxyl groups excluding tert-OH is 2. The molecule has 1 aliphatic rings. The molecule has 194 valence electrons. The standard InChI is InChI=1S/C28H41NO5S/c1-17-10-8-9-11-18(2)26(32)20(4)27(33)28(6,7)24(30)15-25(31)34-23(13-12-17)19(3)14-22-16-35-21(5)29-22/h8-9,12,14,16,18,20,23-24,26,30,32H,10-11,13,15H2,1-7H3/b9-8+,17-12-,19-14+/t18-,20+,23-,24-,26-/m0/s1. The number of ketones is 1. The van der Waals surface area contributed by atoms with Crippen molar-refractivity contribution in [2.24, 2.45) is 17.3 Å². The first-order valence-electron chi connectivity index (χ1n) is 12.3. The van der Waals surface area contributed by atoms with E-state index in [0.29, 0.717) is 12.8 Å². The van der Waals surface area contributed by atoms with Gasteiger partial charge in [-0.25, -0.2) is 4.98 Å². The van der Waals surface area contributed by atoms with Crippen molar-refractivity contribution in [3.63, 3.8) is 0 Å². The topological polar surface area (TPSA) is 96.7 Å². The number of thiazole rings is 1. The van der Waals surface area contributed by atoms with Gasteiger partial charge in [0.1, 0.15) is 11.9 Å². The van der Waals surface area contributed by atoms with Crippen molar-refractivity contribution < 1.29 is 24.5 Å². The van der Waals surface area contributed by atoms with Crippen LogP contribution in [0.2, 0.25) is 0 Å². The lowest BCUT2D eigenvalue weighted by Gasteiger charge is -2.34. The molecule has 0 unspecified atom stereocenters. The number of aliphatic hydroxyl groups is 2. The number of nitrogens with zero attached hydrogens (tertiary/aromatic N) is 1. The SMILES string of the molecule is C/C1=C/C[C@@H](/C(C)=C/c2csc(C)n2)OC(=O)C[C@H](O)C(C)(C)C(=O)[C@H](C)[C@@H](O)[C@@H](C)C/C=C/C1. The lowest BCUT2D eigenvalue weighted by molar-refractivity contribution is -0.154. The van der Waals surface area contributed by atoms with E-state index in [9.17, 15) is 19.8 Å². The smallest absolute Gasteiger partial charge is 0.309 e. The van der Waals surface area contributed by atoms with Gasteiger partial charge in [0.2, 0.25) is 0 Å². The number of carbonyl (C=O) groups is 2. The number of ether oxygens (including phenoxy) is 1. The van der Waals surface area contributed by atoms with E-state index in [1.807, 2.05) is 45.2 Å². The van der Waals surface area contributed by atoms with E-state index in [4.69, 9.17) is 4.74 Å². The number of hydrogen-bond donors (Lipinski definition) is 2. The third-order valence-corrected chi connectivity index (χ3v) is 7.72. The summed E-state index contributed by atoms with van der Waals surface area (Å²) < 4.78 is 5.81. The third kappa shape index (κ3) is 8.23. The van der Waals surface area contributed by atoms with Crippen LogP contribution >= 0.6 is 11.3 Å². The molecule has 1 aromatic rings. The average Bonchev–Trinajstić information content (AvgIpc) is 3.21. The highest BCUT2D eigenvalue weighted by Crippen LogP contribution is 2.32. The zero-order valence-electron chi connectivity index (χ0n) is 22.1. The Balaban J connectivity index is 2.35. The molecule has 0 amide bonds. The van der Waals surface area contributed by atoms with E-state index in [-0.39, 0.29) is 18.1 Å². The van der Waals surface area contributed by atoms with E-state index >= 15 is 0 Å². The second kappa shape index (κ2) is 12.7. The molecule has 0 aromatic carbocycles. The summed E-state index contributed by atoms with van der Waals surface area (Å²) >= 11 is 1.56. The van der Waals surface area contributed by atoms with Crippen molar-refractivity contribution >= 4 is 29.2 Å². The third-order valence-electron chi connectivity index (χ3n) is 6.93. The maximum atomic E-state index is 13.2. The van der Waals surface area contributed by atoms with Gasteiger partial charge in [0, 0.05) is 17.7 Å². The Morgan fingerprint density at radius 1 is 1.17 bits per heavy atom. The second-order valence-corrected chi connectivity index (χ2v) is 11.5. The Morgan fingerprint density at radius 3 is 2.49 bits per heavy atom. The highest BCUT2D eigenvalue weighted by Gasteiger charge is 2.42. The Morgan fingerprint density at radius 2 is 1.86 bits per heavy atom. The van der Waals surface area contributed by atoms with Gasteiger partial charge in [0.15, 0.2) is 0 Å². The quantitative estimate of drug-likeness (QED) is 0.412. The van der Waals surface area contributed by atoms with Crippen LogP contribution in [0.1, 0.15) is 77.9 Å². The summed E-state index contributed by atoms with van der Waals surface area (Å²) in [6.45, 7) is 12.7. The Labute approximate surface area is 213 Å². The average molecular weight is 504 g/mol. The van der Waals surface area contributed by atoms with Crippen LogP contribution in [0.3, 0.4) is 0 Å². The monoisotopic (exact) mass is 503 g/mol. The van der Waals surface area contributed by atoms with Crippen LogP contribution in [0.4, 0.5) is 0 Å². The molecular weight excluding hydrogens is 462 g/mol. The van der Waals surface area contributed by atoms with Gasteiger partial charge in [-0.3, -0.25) is 9.59 Å². The van der Waals surface area contributed by atoms with Crippen LogP contribution in [-0.4, -0.2) is 45.3 Å². The predicted octanol–water partition coefficient (Wildman–Crippen LogP) is 5.43. The maximum absolute atomic E-state index is 13.2. The molecule has 7 heteroatoms. The summed E-state index contributed by atoms with van der Waals surface area (Å²) in [6.07, 6.45) is 7.09. The molecule has 0 fully saturated rings. The van der Waals surface area contributed by atoms with Gasteiger partial charge in [-0.1, -0.05) is 51.5 Å². The molecule has 6 nitrogen and oxygen atoms in total. The number of Topliss-reactive ketones (excluding diaryl/α,β-unsaturated/α-hetero) is 1. The fraction of sp³-hybridized carbons (Fsp3) is 0.607. The molecule has 0 saturated heterocycles. The van der Waals surface area contributed by atoms with Crippen molar-refractivity contribution in [1.82, 2.24) is 4.98 Å². The summed E-state index contributed by atoms with van der Waals surface area (Å²) in [5, 5.41) is 24.5. The van der Waals surface area contributed by atoms with Gasteiger partial charge in [-0.15, -0.1) is 11.3 Å². The van der Waals surface area contributed by atoms with Crippen LogP contribution in [0.15, 0.2) is 34.8 Å². The summed E-state index contributed by atoms with van der Waals surface area (Å²) in [7, 11) is 0. The lowest BCUT2D eigenvalue weighted by atomic mass is 9.73. The minimum absolute atomic E-state index is 0.116. The highest BCUT2D eigenvalue weighted by molar-refractivity contribution is 7.09. The van der Waals surface area contributed by atoms with Crippen LogP contribution < -0.4 is 0 Å². The Bertz CT molecular complexity index is 974. The number of hydrogen-bond acceptors (Lipinski definition) is 7. The van der Waals surface area contributed by atoms with Crippen LogP contribution in [0.25, 0.3) is 6.08 Å². The number of aromatic nitrogens is 1. The number of rotatable bonds is 2. The molecule has 2 N–H and O–H groups in total. The molecule has 0 aliphatic carbocycles. The van der Waals surface area contributed by atoms with Gasteiger partial charge < -0.3 is 14.9 Å². The lowest BCUT2D eigenvalue weighted by Crippen LogP contribution is -2.45.